The summed E-state index contributed by atoms with van der Waals surface area (Å²) in [5.74, 6) is 0.184. The number of phenolic OH excluding ortho intramolecular Hbond substituents is 1. The number of carbonyl (C=O) groups is 1. The average Bonchev–Trinajstić information content (AvgIpc) is 2.59. The van der Waals surface area contributed by atoms with Crippen LogP contribution in [0.1, 0.15) is 17.2 Å². The zero-order chi connectivity index (χ0) is 17.0. The van der Waals surface area contributed by atoms with Gasteiger partial charge in [-0.05, 0) is 29.8 Å². The number of phenols is 1. The van der Waals surface area contributed by atoms with Crippen LogP contribution in [0.25, 0.3) is 0 Å². The van der Waals surface area contributed by atoms with Gasteiger partial charge in [0.25, 0.3) is 0 Å². The van der Waals surface area contributed by atoms with Gasteiger partial charge in [0.05, 0.1) is 7.11 Å². The first-order valence-corrected chi connectivity index (χ1v) is 7.03. The van der Waals surface area contributed by atoms with Crippen molar-refractivity contribution in [2.24, 2.45) is 0 Å². The first kappa shape index (κ1) is 16.6. The van der Waals surface area contributed by atoms with Crippen LogP contribution in [-0.2, 0) is 4.79 Å². The number of ether oxygens (including phenoxy) is 1. The fourth-order valence-electron chi connectivity index (χ4n) is 2.31. The van der Waals surface area contributed by atoms with Crippen LogP contribution in [0.4, 0.5) is 5.69 Å². The number of aliphatic hydroxyl groups is 1. The molecule has 1 amide bonds. The topological polar surface area (TPSA) is 70.0 Å². The van der Waals surface area contributed by atoms with E-state index in [1.165, 1.54) is 30.2 Å². The Morgan fingerprint density at radius 3 is 2.65 bits per heavy atom. The summed E-state index contributed by atoms with van der Waals surface area (Å²) in [6.45, 7) is 3.44. The minimum atomic E-state index is -0.996. The van der Waals surface area contributed by atoms with Crippen molar-refractivity contribution in [3.63, 3.8) is 0 Å². The van der Waals surface area contributed by atoms with Gasteiger partial charge in [0.2, 0.25) is 5.91 Å². The third-order valence-corrected chi connectivity index (χ3v) is 3.57. The zero-order valence-corrected chi connectivity index (χ0v) is 13.1. The van der Waals surface area contributed by atoms with E-state index >= 15 is 0 Å². The first-order chi connectivity index (χ1) is 11.0. The molecule has 5 nitrogen and oxygen atoms in total. The van der Waals surface area contributed by atoms with Crippen molar-refractivity contribution >= 4 is 11.6 Å². The lowest BCUT2D eigenvalue weighted by atomic mass is 9.99. The van der Waals surface area contributed by atoms with E-state index in [1.807, 2.05) is 0 Å². The van der Waals surface area contributed by atoms with E-state index in [0.717, 1.165) is 0 Å². The second-order valence-electron chi connectivity index (χ2n) is 5.03. The molecule has 0 saturated heterocycles. The summed E-state index contributed by atoms with van der Waals surface area (Å²) in [6, 6.07) is 11.6. The number of anilines is 1. The Morgan fingerprint density at radius 1 is 1.30 bits per heavy atom. The van der Waals surface area contributed by atoms with Crippen molar-refractivity contribution in [3.05, 3.63) is 66.2 Å². The molecular weight excluding hydrogens is 294 g/mol. The number of amides is 1. The number of nitrogens with zero attached hydrogens (tertiary/aromatic N) is 1. The third-order valence-electron chi connectivity index (χ3n) is 3.57. The highest BCUT2D eigenvalue weighted by molar-refractivity contribution is 6.00. The van der Waals surface area contributed by atoms with Gasteiger partial charge in [-0.25, -0.2) is 0 Å². The van der Waals surface area contributed by atoms with E-state index in [2.05, 4.69) is 6.58 Å². The summed E-state index contributed by atoms with van der Waals surface area (Å²) in [7, 11) is 3.09. The lowest BCUT2D eigenvalue weighted by Gasteiger charge is -2.20. The smallest absolute Gasteiger partial charge is 0.250 e. The van der Waals surface area contributed by atoms with E-state index in [0.29, 0.717) is 22.6 Å². The van der Waals surface area contributed by atoms with Crippen LogP contribution in [0.3, 0.4) is 0 Å². The van der Waals surface area contributed by atoms with Crippen molar-refractivity contribution in [3.8, 4) is 11.5 Å². The van der Waals surface area contributed by atoms with Gasteiger partial charge >= 0.3 is 0 Å². The summed E-state index contributed by atoms with van der Waals surface area (Å²) in [5.41, 5.74) is 1.48. The molecule has 0 fully saturated rings. The molecule has 0 spiro atoms. The summed E-state index contributed by atoms with van der Waals surface area (Å²) in [4.78, 5) is 13.1. The molecule has 1 unspecified atom stereocenters. The van der Waals surface area contributed by atoms with Crippen LogP contribution in [0.5, 0.6) is 11.5 Å². The van der Waals surface area contributed by atoms with E-state index < -0.39 is 6.10 Å². The molecule has 0 aliphatic carbocycles. The predicted octanol–water partition coefficient (Wildman–Crippen LogP) is 2.63. The van der Waals surface area contributed by atoms with E-state index in [-0.39, 0.29) is 11.7 Å². The molecule has 23 heavy (non-hydrogen) atoms. The Hall–Kier alpha value is -2.79. The Bertz CT molecular complexity index is 727. The molecule has 5 heteroatoms. The van der Waals surface area contributed by atoms with Gasteiger partial charge in [-0.3, -0.25) is 4.79 Å². The molecule has 2 N–H and O–H groups in total. The monoisotopic (exact) mass is 313 g/mol. The fraction of sp³-hybridized carbons (Fsp3) is 0.167. The Balaban J connectivity index is 2.45. The normalized spacial score (nSPS) is 11.6. The van der Waals surface area contributed by atoms with Crippen LogP contribution < -0.4 is 9.64 Å². The largest absolute Gasteiger partial charge is 0.508 e. The number of hydrogen-bond acceptors (Lipinski definition) is 4. The molecule has 0 saturated carbocycles. The Labute approximate surface area is 135 Å². The minimum Gasteiger partial charge on any atom is -0.508 e. The van der Waals surface area contributed by atoms with Gasteiger partial charge in [0.15, 0.2) is 0 Å². The van der Waals surface area contributed by atoms with Crippen LogP contribution >= 0.6 is 0 Å². The molecule has 120 valence electrons. The molecule has 0 aromatic heterocycles. The number of likely N-dealkylation sites (N-methyl/N-ethyl adjacent to an activating group) is 1. The third kappa shape index (κ3) is 3.52. The van der Waals surface area contributed by atoms with Gasteiger partial charge < -0.3 is 19.8 Å². The highest BCUT2D eigenvalue weighted by Gasteiger charge is 2.18. The maximum atomic E-state index is 11.7. The van der Waals surface area contributed by atoms with Crippen LogP contribution in [-0.4, -0.2) is 30.3 Å². The van der Waals surface area contributed by atoms with Crippen molar-refractivity contribution in [2.75, 3.05) is 19.1 Å². The summed E-state index contributed by atoms with van der Waals surface area (Å²) in [5, 5.41) is 20.5. The van der Waals surface area contributed by atoms with Crippen molar-refractivity contribution in [2.45, 2.75) is 6.10 Å². The fourth-order valence-corrected chi connectivity index (χ4v) is 2.31. The summed E-state index contributed by atoms with van der Waals surface area (Å²) in [6.07, 6.45) is 0.185. The average molecular weight is 313 g/mol. The van der Waals surface area contributed by atoms with Gasteiger partial charge in [-0.2, -0.15) is 0 Å². The maximum Gasteiger partial charge on any atom is 0.250 e. The number of rotatable bonds is 5. The van der Waals surface area contributed by atoms with Crippen LogP contribution in [0, 0.1) is 0 Å². The van der Waals surface area contributed by atoms with Crippen molar-refractivity contribution in [1.29, 1.82) is 0 Å². The number of aromatic hydroxyl groups is 1. The highest BCUT2D eigenvalue weighted by atomic mass is 16.5. The number of benzene rings is 2. The predicted molar refractivity (Wildman–Crippen MR) is 88.8 cm³/mol. The molecule has 2 aromatic carbocycles. The lowest BCUT2D eigenvalue weighted by molar-refractivity contribution is -0.113. The van der Waals surface area contributed by atoms with E-state index in [9.17, 15) is 15.0 Å². The van der Waals surface area contributed by atoms with Crippen LogP contribution in [0.2, 0.25) is 0 Å². The lowest BCUT2D eigenvalue weighted by Crippen LogP contribution is -2.23. The summed E-state index contributed by atoms with van der Waals surface area (Å²) < 4.78 is 5.25. The summed E-state index contributed by atoms with van der Waals surface area (Å²) >= 11 is 0. The molecule has 2 aromatic rings. The quantitative estimate of drug-likeness (QED) is 0.833. The van der Waals surface area contributed by atoms with Gasteiger partial charge in [-0.1, -0.05) is 24.8 Å². The number of carbonyl (C=O) groups excluding carboxylic acids is 1. The standard InChI is InChI=1S/C18H19NO4/c1-4-17(21)19(2)13-9-12(10-14(20)11-13)18(22)15-7-5-6-8-16(15)23-3/h4-11,18,20,22H,1H2,2-3H3. The molecule has 0 heterocycles. The number of methoxy groups -OCH3 is 1. The Morgan fingerprint density at radius 2 is 2.00 bits per heavy atom. The molecule has 0 radical (unpaired) electrons. The van der Waals surface area contributed by atoms with E-state index in [1.54, 1.807) is 37.4 Å². The minimum absolute atomic E-state index is 0.0461. The molecule has 0 aliphatic heterocycles. The molecule has 0 bridgehead atoms. The highest BCUT2D eigenvalue weighted by Crippen LogP contribution is 2.33. The molecule has 1 atom stereocenters. The second-order valence-corrected chi connectivity index (χ2v) is 5.03. The van der Waals surface area contributed by atoms with Crippen molar-refractivity contribution in [1.82, 2.24) is 0 Å². The maximum absolute atomic E-state index is 11.7. The molecule has 0 aliphatic rings. The van der Waals surface area contributed by atoms with E-state index in [4.69, 9.17) is 4.74 Å². The van der Waals surface area contributed by atoms with Gasteiger partial charge in [-0.15, -0.1) is 0 Å². The van der Waals surface area contributed by atoms with Crippen LogP contribution in [0.15, 0.2) is 55.1 Å². The number of para-hydroxylation sites is 1. The van der Waals surface area contributed by atoms with Gasteiger partial charge in [0.1, 0.15) is 17.6 Å². The van der Waals surface area contributed by atoms with Crippen molar-refractivity contribution < 1.29 is 19.7 Å². The number of hydrogen-bond donors (Lipinski definition) is 2. The molecule has 2 rings (SSSR count). The van der Waals surface area contributed by atoms with Gasteiger partial charge in [0, 0.05) is 24.4 Å². The molecular formula is C18H19NO4. The first-order valence-electron chi connectivity index (χ1n) is 7.03. The zero-order valence-electron chi connectivity index (χ0n) is 13.1. The Kier molecular flexibility index (Phi) is 5.03. The SMILES string of the molecule is C=CC(=O)N(C)c1cc(O)cc(C(O)c2ccccc2OC)c1. The number of aliphatic hydroxyl groups excluding tert-OH is 1. The second kappa shape index (κ2) is 6.98.